The maximum atomic E-state index is 12.7. The van der Waals surface area contributed by atoms with E-state index in [1.807, 2.05) is 0 Å². The number of likely N-dealkylation sites (tertiary alicyclic amines) is 1. The third kappa shape index (κ3) is 2.96. The quantitative estimate of drug-likeness (QED) is 0.786. The molecule has 1 amide bonds. The second-order valence-electron chi connectivity index (χ2n) is 5.44. The molecule has 0 spiro atoms. The number of amides is 1. The van der Waals surface area contributed by atoms with Crippen LogP contribution in [0, 0.1) is 11.8 Å². The van der Waals surface area contributed by atoms with Gasteiger partial charge in [-0.2, -0.15) is 13.2 Å². The highest BCUT2D eigenvalue weighted by molar-refractivity contribution is 5.79. The largest absolute Gasteiger partial charge is 0.391 e. The van der Waals surface area contributed by atoms with E-state index in [1.54, 1.807) is 4.90 Å². The minimum absolute atomic E-state index is 0.0176. The first kappa shape index (κ1) is 13.6. The van der Waals surface area contributed by atoms with Crippen LogP contribution >= 0.6 is 0 Å². The van der Waals surface area contributed by atoms with Crippen LogP contribution in [0.15, 0.2) is 0 Å². The van der Waals surface area contributed by atoms with Crippen LogP contribution < -0.4 is 5.73 Å². The first-order chi connectivity index (χ1) is 8.38. The lowest BCUT2D eigenvalue weighted by Gasteiger charge is -2.32. The summed E-state index contributed by atoms with van der Waals surface area (Å²) in [6.07, 6.45) is -2.24. The van der Waals surface area contributed by atoms with E-state index in [0.717, 1.165) is 6.42 Å². The van der Waals surface area contributed by atoms with E-state index < -0.39 is 18.0 Å². The van der Waals surface area contributed by atoms with Crippen molar-refractivity contribution in [1.82, 2.24) is 4.90 Å². The number of hydrogen-bond acceptors (Lipinski definition) is 2. The summed E-state index contributed by atoms with van der Waals surface area (Å²) >= 11 is 0. The van der Waals surface area contributed by atoms with Crippen molar-refractivity contribution in [2.75, 3.05) is 13.1 Å². The Morgan fingerprint density at radius 2 is 1.94 bits per heavy atom. The number of nitrogens with zero attached hydrogens (tertiary/aromatic N) is 1. The molecule has 0 aromatic rings. The normalized spacial score (nSPS) is 33.8. The van der Waals surface area contributed by atoms with Gasteiger partial charge in [-0.1, -0.05) is 6.42 Å². The molecule has 0 bridgehead atoms. The number of rotatable bonds is 1. The average molecular weight is 264 g/mol. The summed E-state index contributed by atoms with van der Waals surface area (Å²) in [5.74, 6) is -1.90. The van der Waals surface area contributed by atoms with Crippen LogP contribution in [0.25, 0.3) is 0 Å². The molecule has 1 aliphatic heterocycles. The van der Waals surface area contributed by atoms with Gasteiger partial charge in [0.1, 0.15) is 0 Å². The van der Waals surface area contributed by atoms with Crippen LogP contribution in [0.4, 0.5) is 13.2 Å². The average Bonchev–Trinajstić information content (AvgIpc) is 2.74. The Labute approximate surface area is 104 Å². The fraction of sp³-hybridized carbons (Fsp3) is 0.917. The molecule has 3 atom stereocenters. The zero-order chi connectivity index (χ0) is 13.3. The van der Waals surface area contributed by atoms with E-state index in [4.69, 9.17) is 5.73 Å². The van der Waals surface area contributed by atoms with E-state index in [9.17, 15) is 18.0 Å². The van der Waals surface area contributed by atoms with Gasteiger partial charge in [0.05, 0.1) is 5.92 Å². The summed E-state index contributed by atoms with van der Waals surface area (Å²) in [6, 6.07) is -0.0176. The van der Waals surface area contributed by atoms with Crippen LogP contribution in [0.1, 0.15) is 32.1 Å². The molecule has 104 valence electrons. The molecular weight excluding hydrogens is 245 g/mol. The predicted molar refractivity (Wildman–Crippen MR) is 60.7 cm³/mol. The van der Waals surface area contributed by atoms with Crippen LogP contribution in [-0.4, -0.2) is 36.1 Å². The molecular formula is C12H19F3N2O. The second kappa shape index (κ2) is 5.07. The van der Waals surface area contributed by atoms with Crippen molar-refractivity contribution in [2.45, 2.75) is 44.3 Å². The summed E-state index contributed by atoms with van der Waals surface area (Å²) in [6.45, 7) is 1.08. The maximum Gasteiger partial charge on any atom is 0.391 e. The third-order valence-corrected chi connectivity index (χ3v) is 4.02. The standard InChI is InChI=1S/C12H19F3N2O/c13-12(14,15)9-3-1-2-8(6-9)11(18)17-5-4-10(16)7-17/h8-10H,1-7,16H2/t8?,9?,10-/m0/s1. The number of hydrogen-bond donors (Lipinski definition) is 1. The van der Waals surface area contributed by atoms with Gasteiger partial charge in [-0.3, -0.25) is 4.79 Å². The fourth-order valence-corrected chi connectivity index (χ4v) is 2.96. The van der Waals surface area contributed by atoms with Gasteiger partial charge in [0.25, 0.3) is 0 Å². The number of alkyl halides is 3. The number of carbonyl (C=O) groups excluding carboxylic acids is 1. The molecule has 0 radical (unpaired) electrons. The van der Waals surface area contributed by atoms with Gasteiger partial charge in [0.2, 0.25) is 5.91 Å². The Kier molecular flexibility index (Phi) is 3.84. The van der Waals surface area contributed by atoms with Gasteiger partial charge >= 0.3 is 6.18 Å². The lowest BCUT2D eigenvalue weighted by atomic mass is 9.80. The number of nitrogens with two attached hydrogens (primary N) is 1. The van der Waals surface area contributed by atoms with Gasteiger partial charge in [-0.25, -0.2) is 0 Å². The Morgan fingerprint density at radius 1 is 1.22 bits per heavy atom. The molecule has 2 N–H and O–H groups in total. The predicted octanol–water partition coefficient (Wildman–Crippen LogP) is 1.91. The monoisotopic (exact) mass is 264 g/mol. The highest BCUT2D eigenvalue weighted by Crippen LogP contribution is 2.40. The molecule has 2 unspecified atom stereocenters. The molecule has 0 aromatic heterocycles. The van der Waals surface area contributed by atoms with Crippen LogP contribution in [0.5, 0.6) is 0 Å². The summed E-state index contributed by atoms with van der Waals surface area (Å²) in [5, 5.41) is 0. The highest BCUT2D eigenvalue weighted by atomic mass is 19.4. The first-order valence-corrected chi connectivity index (χ1v) is 6.49. The van der Waals surface area contributed by atoms with E-state index in [-0.39, 0.29) is 24.8 Å². The topological polar surface area (TPSA) is 46.3 Å². The lowest BCUT2D eigenvalue weighted by molar-refractivity contribution is -0.187. The zero-order valence-electron chi connectivity index (χ0n) is 10.2. The minimum Gasteiger partial charge on any atom is -0.341 e. The van der Waals surface area contributed by atoms with Crippen molar-refractivity contribution in [3.8, 4) is 0 Å². The Bertz CT molecular complexity index is 319. The highest BCUT2D eigenvalue weighted by Gasteiger charge is 2.44. The molecule has 1 saturated heterocycles. The second-order valence-corrected chi connectivity index (χ2v) is 5.44. The van der Waals surface area contributed by atoms with Crippen molar-refractivity contribution < 1.29 is 18.0 Å². The van der Waals surface area contributed by atoms with Gasteiger partial charge in [0, 0.05) is 25.0 Å². The first-order valence-electron chi connectivity index (χ1n) is 6.49. The molecule has 1 saturated carbocycles. The SMILES string of the molecule is N[C@H]1CCN(C(=O)C2CCCC(C(F)(F)F)C2)C1. The van der Waals surface area contributed by atoms with Crippen molar-refractivity contribution in [1.29, 1.82) is 0 Å². The van der Waals surface area contributed by atoms with Gasteiger partial charge < -0.3 is 10.6 Å². The number of halogens is 3. The van der Waals surface area contributed by atoms with E-state index in [1.165, 1.54) is 0 Å². The Hall–Kier alpha value is -0.780. The zero-order valence-corrected chi connectivity index (χ0v) is 10.2. The third-order valence-electron chi connectivity index (χ3n) is 4.02. The van der Waals surface area contributed by atoms with Crippen LogP contribution in [0.3, 0.4) is 0 Å². The molecule has 2 fully saturated rings. The van der Waals surface area contributed by atoms with Crippen molar-refractivity contribution in [3.05, 3.63) is 0 Å². The van der Waals surface area contributed by atoms with Crippen LogP contribution in [0.2, 0.25) is 0 Å². The smallest absolute Gasteiger partial charge is 0.341 e. The lowest BCUT2D eigenvalue weighted by Crippen LogP contribution is -2.40. The summed E-state index contributed by atoms with van der Waals surface area (Å²) in [5.41, 5.74) is 5.72. The molecule has 6 heteroatoms. The number of carbonyl (C=O) groups is 1. The summed E-state index contributed by atoms with van der Waals surface area (Å²) in [7, 11) is 0. The molecule has 1 aliphatic carbocycles. The van der Waals surface area contributed by atoms with Crippen molar-refractivity contribution >= 4 is 5.91 Å². The summed E-state index contributed by atoms with van der Waals surface area (Å²) in [4.78, 5) is 13.8. The van der Waals surface area contributed by atoms with Crippen molar-refractivity contribution in [2.24, 2.45) is 17.6 Å². The maximum absolute atomic E-state index is 12.7. The Morgan fingerprint density at radius 3 is 2.50 bits per heavy atom. The van der Waals surface area contributed by atoms with E-state index in [0.29, 0.717) is 25.9 Å². The van der Waals surface area contributed by atoms with Gasteiger partial charge in [-0.15, -0.1) is 0 Å². The molecule has 2 aliphatic rings. The van der Waals surface area contributed by atoms with E-state index >= 15 is 0 Å². The molecule has 1 heterocycles. The minimum atomic E-state index is -4.17. The van der Waals surface area contributed by atoms with E-state index in [2.05, 4.69) is 0 Å². The molecule has 18 heavy (non-hydrogen) atoms. The molecule has 3 nitrogen and oxygen atoms in total. The Balaban J connectivity index is 1.94. The van der Waals surface area contributed by atoms with Gasteiger partial charge in [0.15, 0.2) is 0 Å². The molecule has 2 rings (SSSR count). The van der Waals surface area contributed by atoms with Crippen LogP contribution in [-0.2, 0) is 4.79 Å². The van der Waals surface area contributed by atoms with Crippen molar-refractivity contribution in [3.63, 3.8) is 0 Å². The molecule has 0 aromatic carbocycles. The summed E-state index contributed by atoms with van der Waals surface area (Å²) < 4.78 is 38.0. The van der Waals surface area contributed by atoms with Gasteiger partial charge in [-0.05, 0) is 25.7 Å². The fourth-order valence-electron chi connectivity index (χ4n) is 2.96.